The van der Waals surface area contributed by atoms with E-state index < -0.39 is 7.82 Å². The maximum atomic E-state index is 12.6. The van der Waals surface area contributed by atoms with Crippen LogP contribution in [0.2, 0.25) is 0 Å². The maximum Gasteiger partial charge on any atom is 0.646 e. The van der Waals surface area contributed by atoms with E-state index in [0.29, 0.717) is 11.5 Å². The normalized spacial score (nSPS) is 10.6. The van der Waals surface area contributed by atoms with Crippen molar-refractivity contribution in [3.63, 3.8) is 0 Å². The molecule has 0 heterocycles. The first-order valence-electron chi connectivity index (χ1n) is 5.86. The van der Waals surface area contributed by atoms with Gasteiger partial charge in [-0.2, -0.15) is 4.57 Å². The standard InChI is InChI=1S/C14H11Cl2O4P/c15-14(16)11-18-21(17,19-12-7-3-1-4-8-12)20-13-9-5-2-6-10-13/h1-11H. The summed E-state index contributed by atoms with van der Waals surface area (Å²) < 4.78 is 28.0. The number of rotatable bonds is 6. The Morgan fingerprint density at radius 2 is 1.29 bits per heavy atom. The number of benzene rings is 2. The zero-order valence-electron chi connectivity index (χ0n) is 10.7. The van der Waals surface area contributed by atoms with E-state index >= 15 is 0 Å². The highest BCUT2D eigenvalue weighted by molar-refractivity contribution is 7.49. The fourth-order valence-electron chi connectivity index (χ4n) is 1.39. The second-order valence-corrected chi connectivity index (χ2v) is 6.25. The quantitative estimate of drug-likeness (QED) is 0.509. The fraction of sp³-hybridized carbons (Fsp3) is 0. The largest absolute Gasteiger partial charge is 0.646 e. The number of hydrogen-bond donors (Lipinski definition) is 0. The van der Waals surface area contributed by atoms with Gasteiger partial charge in [0, 0.05) is 0 Å². The third kappa shape index (κ3) is 5.35. The third-order valence-electron chi connectivity index (χ3n) is 2.19. The lowest BCUT2D eigenvalue weighted by molar-refractivity contribution is 0.273. The minimum atomic E-state index is -3.96. The van der Waals surface area contributed by atoms with Gasteiger partial charge in [0.05, 0.1) is 0 Å². The molecule has 0 fully saturated rings. The van der Waals surface area contributed by atoms with Crippen molar-refractivity contribution in [3.05, 3.63) is 71.4 Å². The molecule has 0 aromatic heterocycles. The highest BCUT2D eigenvalue weighted by Gasteiger charge is 2.31. The Morgan fingerprint density at radius 3 is 1.67 bits per heavy atom. The van der Waals surface area contributed by atoms with Gasteiger partial charge in [0.1, 0.15) is 22.3 Å². The molecule has 0 aliphatic rings. The van der Waals surface area contributed by atoms with Gasteiger partial charge in [-0.3, -0.25) is 0 Å². The summed E-state index contributed by atoms with van der Waals surface area (Å²) >= 11 is 10.9. The van der Waals surface area contributed by atoms with Gasteiger partial charge in [0.25, 0.3) is 0 Å². The van der Waals surface area contributed by atoms with Crippen molar-refractivity contribution in [1.29, 1.82) is 0 Å². The van der Waals surface area contributed by atoms with Crippen molar-refractivity contribution < 1.29 is 18.1 Å². The second kappa shape index (κ2) is 7.41. The number of phosphoric ester groups is 1. The van der Waals surface area contributed by atoms with Gasteiger partial charge < -0.3 is 13.6 Å². The van der Waals surface area contributed by atoms with Crippen molar-refractivity contribution in [2.24, 2.45) is 0 Å². The molecule has 21 heavy (non-hydrogen) atoms. The summed E-state index contributed by atoms with van der Waals surface area (Å²) in [4.78, 5) is 0. The van der Waals surface area contributed by atoms with Crippen LogP contribution in [0.5, 0.6) is 11.5 Å². The molecule has 0 unspecified atom stereocenters. The van der Waals surface area contributed by atoms with Crippen LogP contribution in [0.25, 0.3) is 0 Å². The summed E-state index contributed by atoms with van der Waals surface area (Å²) in [7, 11) is -3.96. The summed E-state index contributed by atoms with van der Waals surface area (Å²) in [5.74, 6) is 0.659. The Morgan fingerprint density at radius 1 is 0.857 bits per heavy atom. The molecular weight excluding hydrogens is 334 g/mol. The van der Waals surface area contributed by atoms with E-state index in [1.807, 2.05) is 0 Å². The highest BCUT2D eigenvalue weighted by atomic mass is 35.5. The molecular formula is C14H11Cl2O4P. The second-order valence-electron chi connectivity index (χ2n) is 3.77. The van der Waals surface area contributed by atoms with Crippen LogP contribution in [0.3, 0.4) is 0 Å². The molecule has 0 aliphatic carbocycles. The number of hydrogen-bond acceptors (Lipinski definition) is 4. The van der Waals surface area contributed by atoms with E-state index in [0.717, 1.165) is 6.26 Å². The van der Waals surface area contributed by atoms with Gasteiger partial charge in [0.2, 0.25) is 0 Å². The van der Waals surface area contributed by atoms with Crippen LogP contribution in [0, 0.1) is 0 Å². The smallest absolute Gasteiger partial charge is 0.391 e. The minimum absolute atomic E-state index is 0.205. The van der Waals surface area contributed by atoms with Crippen molar-refractivity contribution in [3.8, 4) is 11.5 Å². The van der Waals surface area contributed by atoms with E-state index in [1.54, 1.807) is 60.7 Å². The summed E-state index contributed by atoms with van der Waals surface area (Å²) in [5, 5.41) is 0. The summed E-state index contributed by atoms with van der Waals surface area (Å²) in [5.41, 5.74) is 0. The SMILES string of the molecule is O=P(OC=C(Cl)Cl)(Oc1ccccc1)Oc1ccccc1. The van der Waals surface area contributed by atoms with E-state index in [9.17, 15) is 4.57 Å². The average molecular weight is 345 g/mol. The predicted octanol–water partition coefficient (Wildman–Crippen LogP) is 5.55. The van der Waals surface area contributed by atoms with E-state index in [-0.39, 0.29) is 4.49 Å². The first kappa shape index (κ1) is 15.8. The van der Waals surface area contributed by atoms with Gasteiger partial charge in [0.15, 0.2) is 0 Å². The predicted molar refractivity (Wildman–Crippen MR) is 82.6 cm³/mol. The van der Waals surface area contributed by atoms with Crippen molar-refractivity contribution >= 4 is 31.0 Å². The monoisotopic (exact) mass is 344 g/mol. The van der Waals surface area contributed by atoms with E-state index in [1.165, 1.54) is 0 Å². The van der Waals surface area contributed by atoms with Gasteiger partial charge in [-0.15, -0.1) is 0 Å². The molecule has 2 rings (SSSR count). The minimum Gasteiger partial charge on any atom is -0.391 e. The molecule has 4 nitrogen and oxygen atoms in total. The number of para-hydroxylation sites is 2. The van der Waals surface area contributed by atoms with Crippen LogP contribution < -0.4 is 9.05 Å². The molecule has 7 heteroatoms. The Hall–Kier alpha value is -1.61. The zero-order chi connectivity index (χ0) is 15.1. The lowest BCUT2D eigenvalue weighted by atomic mass is 10.3. The Labute approximate surface area is 132 Å². The van der Waals surface area contributed by atoms with Gasteiger partial charge in [-0.25, -0.2) is 0 Å². The number of halogens is 2. The maximum absolute atomic E-state index is 12.6. The Bertz CT molecular complexity index is 597. The van der Waals surface area contributed by atoms with Crippen LogP contribution in [0.4, 0.5) is 0 Å². The van der Waals surface area contributed by atoms with Crippen LogP contribution in [-0.4, -0.2) is 0 Å². The van der Waals surface area contributed by atoms with Crippen molar-refractivity contribution in [1.82, 2.24) is 0 Å². The molecule has 2 aromatic rings. The van der Waals surface area contributed by atoms with Crippen LogP contribution in [0.15, 0.2) is 71.4 Å². The third-order valence-corrected chi connectivity index (χ3v) is 3.60. The van der Waals surface area contributed by atoms with Gasteiger partial charge in [-0.05, 0) is 24.3 Å². The molecule has 2 aromatic carbocycles. The lowest BCUT2D eigenvalue weighted by Crippen LogP contribution is -2.02. The zero-order valence-corrected chi connectivity index (χ0v) is 13.1. The molecule has 0 N–H and O–H groups in total. The molecule has 0 atom stereocenters. The molecule has 0 saturated carbocycles. The highest BCUT2D eigenvalue weighted by Crippen LogP contribution is 2.50. The van der Waals surface area contributed by atoms with Crippen LogP contribution in [0.1, 0.15) is 0 Å². The Balaban J connectivity index is 2.21. The Kier molecular flexibility index (Phi) is 5.57. The first-order valence-corrected chi connectivity index (χ1v) is 8.08. The van der Waals surface area contributed by atoms with E-state index in [4.69, 9.17) is 36.8 Å². The molecule has 0 radical (unpaired) electrons. The molecule has 0 saturated heterocycles. The molecule has 110 valence electrons. The van der Waals surface area contributed by atoms with Crippen molar-refractivity contribution in [2.45, 2.75) is 0 Å². The number of phosphoric acid groups is 1. The topological polar surface area (TPSA) is 44.8 Å². The van der Waals surface area contributed by atoms with Crippen LogP contribution >= 0.6 is 31.0 Å². The summed E-state index contributed by atoms with van der Waals surface area (Å²) in [6.45, 7) is 0. The van der Waals surface area contributed by atoms with E-state index in [2.05, 4.69) is 0 Å². The van der Waals surface area contributed by atoms with Gasteiger partial charge in [-0.1, -0.05) is 59.6 Å². The molecule has 0 bridgehead atoms. The van der Waals surface area contributed by atoms with Crippen LogP contribution in [-0.2, 0) is 9.09 Å². The van der Waals surface area contributed by atoms with Gasteiger partial charge >= 0.3 is 7.82 Å². The first-order chi connectivity index (χ1) is 10.1. The molecule has 0 amide bonds. The molecule has 0 spiro atoms. The molecule has 0 aliphatic heterocycles. The van der Waals surface area contributed by atoms with Crippen molar-refractivity contribution in [2.75, 3.05) is 0 Å². The lowest BCUT2D eigenvalue weighted by Gasteiger charge is -2.17. The fourth-order valence-corrected chi connectivity index (χ4v) is 2.72. The summed E-state index contributed by atoms with van der Waals surface area (Å²) in [6, 6.07) is 17.0. The average Bonchev–Trinajstić information content (AvgIpc) is 2.47. The summed E-state index contributed by atoms with van der Waals surface area (Å²) in [6.07, 6.45) is 0.899.